The van der Waals surface area contributed by atoms with E-state index >= 15 is 0 Å². The number of nitrogens with one attached hydrogen (secondary N) is 1. The fraction of sp³-hybridized carbons (Fsp3) is 0.200. The van der Waals surface area contributed by atoms with Crippen LogP contribution in [0.5, 0.6) is 0 Å². The minimum absolute atomic E-state index is 0.748. The van der Waals surface area contributed by atoms with Gasteiger partial charge >= 0.3 is 0 Å². The smallest absolute Gasteiger partial charge is 0.149 e. The van der Waals surface area contributed by atoms with Gasteiger partial charge in [-0.05, 0) is 22.0 Å². The van der Waals surface area contributed by atoms with Crippen molar-refractivity contribution >= 4 is 51.2 Å². The van der Waals surface area contributed by atoms with E-state index < -0.39 is 0 Å². The second-order valence-electron chi connectivity index (χ2n) is 3.47. The van der Waals surface area contributed by atoms with Crippen molar-refractivity contribution < 1.29 is 0 Å². The average Bonchev–Trinajstić information content (AvgIpc) is 2.85. The molecule has 0 spiro atoms. The number of fused-ring (bicyclic) bond motifs is 1. The Morgan fingerprint density at radius 3 is 3.06 bits per heavy atom. The third-order valence-corrected chi connectivity index (χ3v) is 5.42. The van der Waals surface area contributed by atoms with Crippen molar-refractivity contribution in [2.45, 2.75) is 11.5 Å². The fourth-order valence-corrected chi connectivity index (χ4v) is 4.44. The molecule has 3 rings (SSSR count). The third-order valence-electron chi connectivity index (χ3n) is 2.40. The second kappa shape index (κ2) is 4.25. The predicted octanol–water partition coefficient (Wildman–Crippen LogP) is 4.38. The van der Waals surface area contributed by atoms with Crippen LogP contribution in [0, 0.1) is 4.64 Å². The maximum Gasteiger partial charge on any atom is 0.149 e. The summed E-state index contributed by atoms with van der Waals surface area (Å²) in [6.07, 6.45) is 0. The minimum atomic E-state index is 0.748. The normalized spacial score (nSPS) is 14.1. The number of rotatable bonds is 1. The lowest BCUT2D eigenvalue weighted by molar-refractivity contribution is 1.06. The van der Waals surface area contributed by atoms with Crippen molar-refractivity contribution in [2.24, 2.45) is 0 Å². The Morgan fingerprint density at radius 2 is 2.31 bits per heavy atom. The van der Waals surface area contributed by atoms with Gasteiger partial charge in [0, 0.05) is 32.6 Å². The molecule has 0 saturated carbocycles. The van der Waals surface area contributed by atoms with Gasteiger partial charge in [0.15, 0.2) is 0 Å². The summed E-state index contributed by atoms with van der Waals surface area (Å²) in [6, 6.07) is 2.06. The van der Waals surface area contributed by atoms with Crippen molar-refractivity contribution in [3.05, 3.63) is 31.8 Å². The zero-order valence-corrected chi connectivity index (χ0v) is 12.2. The summed E-state index contributed by atoms with van der Waals surface area (Å²) < 4.78 is 1.83. The summed E-state index contributed by atoms with van der Waals surface area (Å²) in [6.45, 7) is 0. The van der Waals surface area contributed by atoms with E-state index in [-0.39, 0.29) is 0 Å². The first kappa shape index (κ1) is 11.0. The largest absolute Gasteiger partial charge is 0.341 e. The molecule has 0 bridgehead atoms. The highest BCUT2D eigenvalue weighted by Crippen LogP contribution is 2.32. The molecule has 6 heteroatoms. The summed E-state index contributed by atoms with van der Waals surface area (Å²) in [5.41, 5.74) is 2.45. The van der Waals surface area contributed by atoms with Crippen molar-refractivity contribution in [2.75, 3.05) is 0 Å². The van der Waals surface area contributed by atoms with Gasteiger partial charge in [-0.3, -0.25) is 0 Å². The fourth-order valence-electron chi connectivity index (χ4n) is 1.63. The summed E-state index contributed by atoms with van der Waals surface area (Å²) in [7, 11) is 0. The lowest BCUT2D eigenvalue weighted by Crippen LogP contribution is -1.95. The number of hydrogen-bond acceptors (Lipinski definition) is 4. The Balaban J connectivity index is 2.16. The molecule has 2 aromatic rings. The van der Waals surface area contributed by atoms with Crippen LogP contribution in [0.2, 0.25) is 0 Å². The number of aromatic amines is 1. The standard InChI is InChI=1S/C10H7BrN2S3/c11-5-1-8(16-2-5)9-12-7-4-15-3-6(7)10(14)13-9/h1-2H,3-4H2,(H,12,13,14). The molecule has 0 fully saturated rings. The summed E-state index contributed by atoms with van der Waals surface area (Å²) in [5.74, 6) is 2.90. The summed E-state index contributed by atoms with van der Waals surface area (Å²) in [5, 5.41) is 2.05. The maximum atomic E-state index is 5.32. The van der Waals surface area contributed by atoms with Crippen molar-refractivity contribution in [3.63, 3.8) is 0 Å². The highest BCUT2D eigenvalue weighted by atomic mass is 79.9. The molecule has 0 aromatic carbocycles. The van der Waals surface area contributed by atoms with Crippen LogP contribution in [0.25, 0.3) is 10.7 Å². The van der Waals surface area contributed by atoms with Gasteiger partial charge in [0.25, 0.3) is 0 Å². The van der Waals surface area contributed by atoms with Crippen LogP contribution in [0.3, 0.4) is 0 Å². The van der Waals surface area contributed by atoms with Crippen molar-refractivity contribution in [1.29, 1.82) is 0 Å². The van der Waals surface area contributed by atoms with Crippen LogP contribution in [0.4, 0.5) is 0 Å². The van der Waals surface area contributed by atoms with Crippen LogP contribution in [0.15, 0.2) is 15.9 Å². The lowest BCUT2D eigenvalue weighted by Gasteiger charge is -2.02. The first-order valence-corrected chi connectivity index (χ1v) is 7.92. The third kappa shape index (κ3) is 1.88. The summed E-state index contributed by atoms with van der Waals surface area (Å²) >= 11 is 12.3. The molecular formula is C10H7BrN2S3. The topological polar surface area (TPSA) is 28.7 Å². The van der Waals surface area contributed by atoms with Crippen molar-refractivity contribution in [1.82, 2.24) is 9.97 Å². The summed E-state index contributed by atoms with van der Waals surface area (Å²) in [4.78, 5) is 8.97. The molecule has 0 aliphatic carbocycles. The van der Waals surface area contributed by atoms with E-state index in [0.29, 0.717) is 0 Å². The number of thiophene rings is 1. The van der Waals surface area contributed by atoms with Crippen LogP contribution >= 0.6 is 51.2 Å². The van der Waals surface area contributed by atoms with E-state index in [2.05, 4.69) is 37.3 Å². The molecule has 0 amide bonds. The van der Waals surface area contributed by atoms with E-state index in [1.165, 1.54) is 11.3 Å². The van der Waals surface area contributed by atoms with Gasteiger partial charge in [0.2, 0.25) is 0 Å². The molecule has 82 valence electrons. The molecule has 16 heavy (non-hydrogen) atoms. The van der Waals surface area contributed by atoms with Crippen LogP contribution in [-0.4, -0.2) is 9.97 Å². The molecule has 1 aliphatic heterocycles. The maximum absolute atomic E-state index is 5.32. The first-order chi connectivity index (χ1) is 7.74. The quantitative estimate of drug-likeness (QED) is 0.786. The lowest BCUT2D eigenvalue weighted by atomic mass is 10.3. The van der Waals surface area contributed by atoms with Gasteiger partial charge in [-0.25, -0.2) is 4.98 Å². The number of halogens is 1. The molecule has 2 aromatic heterocycles. The Kier molecular flexibility index (Phi) is 2.91. The van der Waals surface area contributed by atoms with Gasteiger partial charge in [-0.2, -0.15) is 11.8 Å². The van der Waals surface area contributed by atoms with Gasteiger partial charge in [-0.1, -0.05) is 12.2 Å². The molecule has 1 N–H and O–H groups in total. The molecule has 0 atom stereocenters. The molecule has 1 aliphatic rings. The number of nitrogens with zero attached hydrogens (tertiary/aromatic N) is 1. The zero-order valence-electron chi connectivity index (χ0n) is 8.12. The van der Waals surface area contributed by atoms with Gasteiger partial charge in [0.05, 0.1) is 4.88 Å². The Labute approximate surface area is 115 Å². The Morgan fingerprint density at radius 1 is 1.44 bits per heavy atom. The van der Waals surface area contributed by atoms with E-state index in [9.17, 15) is 0 Å². The van der Waals surface area contributed by atoms with Gasteiger partial charge in [0.1, 0.15) is 10.5 Å². The Bertz CT molecular complexity index is 602. The monoisotopic (exact) mass is 330 g/mol. The highest BCUT2D eigenvalue weighted by molar-refractivity contribution is 9.10. The first-order valence-electron chi connectivity index (χ1n) is 4.68. The second-order valence-corrected chi connectivity index (χ2v) is 6.67. The van der Waals surface area contributed by atoms with E-state index in [1.807, 2.05) is 11.8 Å². The molecule has 0 unspecified atom stereocenters. The average molecular weight is 331 g/mol. The minimum Gasteiger partial charge on any atom is -0.341 e. The Hall–Kier alpha value is -0.170. The molecule has 2 nitrogen and oxygen atoms in total. The van der Waals surface area contributed by atoms with E-state index in [4.69, 9.17) is 12.2 Å². The van der Waals surface area contributed by atoms with Gasteiger partial charge in [-0.15, -0.1) is 11.3 Å². The van der Waals surface area contributed by atoms with E-state index in [1.54, 1.807) is 11.3 Å². The van der Waals surface area contributed by atoms with Crippen LogP contribution in [0.1, 0.15) is 11.3 Å². The van der Waals surface area contributed by atoms with E-state index in [0.717, 1.165) is 31.3 Å². The molecule has 0 saturated heterocycles. The molecule has 0 radical (unpaired) electrons. The van der Waals surface area contributed by atoms with Crippen LogP contribution < -0.4 is 0 Å². The van der Waals surface area contributed by atoms with Crippen molar-refractivity contribution in [3.8, 4) is 10.7 Å². The number of aromatic nitrogens is 2. The van der Waals surface area contributed by atoms with Gasteiger partial charge < -0.3 is 4.98 Å². The molecule has 3 heterocycles. The predicted molar refractivity (Wildman–Crippen MR) is 75.4 cm³/mol. The zero-order chi connectivity index (χ0) is 11.1. The number of thioether (sulfide) groups is 1. The SMILES string of the molecule is S=c1nc(-c2cc(Br)cs2)[nH]c2c1CSC2. The highest BCUT2D eigenvalue weighted by Gasteiger charge is 2.16. The number of H-pyrrole nitrogens is 1. The van der Waals surface area contributed by atoms with Crippen LogP contribution in [-0.2, 0) is 11.5 Å². The molecular weight excluding hydrogens is 324 g/mol. The number of hydrogen-bond donors (Lipinski definition) is 1.